The first-order valence-electron chi connectivity index (χ1n) is 10.5. The maximum absolute atomic E-state index is 5.66. The number of benzene rings is 1. The molecule has 1 aliphatic heterocycles. The second kappa shape index (κ2) is 11.7. The third-order valence-electron chi connectivity index (χ3n) is 4.49. The van der Waals surface area contributed by atoms with Gasteiger partial charge in [-0.15, -0.1) is 0 Å². The molecule has 0 amide bonds. The Morgan fingerprint density at radius 3 is 1.88 bits per heavy atom. The lowest BCUT2D eigenvalue weighted by Gasteiger charge is -2.34. The monoisotopic (exact) mass is 362 g/mol. The molecule has 26 heavy (non-hydrogen) atoms. The van der Waals surface area contributed by atoms with E-state index in [-0.39, 0.29) is 0 Å². The van der Waals surface area contributed by atoms with Gasteiger partial charge in [-0.25, -0.2) is 0 Å². The molecular formula is C23H42N2O. The summed E-state index contributed by atoms with van der Waals surface area (Å²) in [6, 6.07) is 9.23. The minimum Gasteiger partial charge on any atom is -0.377 e. The zero-order chi connectivity index (χ0) is 19.6. The molecule has 3 heteroatoms. The van der Waals surface area contributed by atoms with Gasteiger partial charge in [-0.2, -0.15) is 0 Å². The van der Waals surface area contributed by atoms with Crippen molar-refractivity contribution in [2.75, 3.05) is 39.3 Å². The van der Waals surface area contributed by atoms with Gasteiger partial charge in [-0.3, -0.25) is 9.80 Å². The van der Waals surface area contributed by atoms with Crippen molar-refractivity contribution in [1.82, 2.24) is 9.80 Å². The zero-order valence-electron chi connectivity index (χ0n) is 18.3. The van der Waals surface area contributed by atoms with Crippen LogP contribution in [0, 0.1) is 5.41 Å². The molecule has 1 fully saturated rings. The van der Waals surface area contributed by atoms with E-state index in [4.69, 9.17) is 4.74 Å². The summed E-state index contributed by atoms with van der Waals surface area (Å²) < 4.78 is 5.66. The van der Waals surface area contributed by atoms with Crippen LogP contribution in [0.25, 0.3) is 0 Å². The van der Waals surface area contributed by atoms with Crippen LogP contribution in [0.3, 0.4) is 0 Å². The van der Waals surface area contributed by atoms with E-state index in [1.807, 2.05) is 13.8 Å². The van der Waals surface area contributed by atoms with Gasteiger partial charge in [0.2, 0.25) is 0 Å². The Morgan fingerprint density at radius 2 is 1.38 bits per heavy atom. The largest absolute Gasteiger partial charge is 0.377 e. The molecule has 0 unspecified atom stereocenters. The van der Waals surface area contributed by atoms with Crippen LogP contribution in [0.2, 0.25) is 0 Å². The molecule has 0 aliphatic carbocycles. The quantitative estimate of drug-likeness (QED) is 0.690. The van der Waals surface area contributed by atoms with Gasteiger partial charge >= 0.3 is 0 Å². The molecule has 1 aromatic carbocycles. The summed E-state index contributed by atoms with van der Waals surface area (Å²) in [6.45, 7) is 22.7. The first-order valence-corrected chi connectivity index (χ1v) is 10.5. The molecule has 0 spiro atoms. The smallest absolute Gasteiger partial charge is 0.0596 e. The van der Waals surface area contributed by atoms with Crippen molar-refractivity contribution in [3.05, 3.63) is 35.4 Å². The van der Waals surface area contributed by atoms with Crippen molar-refractivity contribution in [1.29, 1.82) is 0 Å². The zero-order valence-corrected chi connectivity index (χ0v) is 18.3. The topological polar surface area (TPSA) is 15.7 Å². The minimum absolute atomic E-state index is 0.340. The molecule has 0 bridgehead atoms. The maximum atomic E-state index is 5.66. The number of hydrogen-bond acceptors (Lipinski definition) is 3. The van der Waals surface area contributed by atoms with Crippen molar-refractivity contribution in [3.8, 4) is 0 Å². The Bertz CT molecular complexity index is 468. The molecule has 0 radical (unpaired) electrons. The van der Waals surface area contributed by atoms with Gasteiger partial charge in [-0.05, 0) is 36.8 Å². The fourth-order valence-electron chi connectivity index (χ4n) is 3.22. The highest BCUT2D eigenvalue weighted by molar-refractivity contribution is 5.23. The van der Waals surface area contributed by atoms with Crippen LogP contribution in [0.4, 0.5) is 0 Å². The average molecular weight is 363 g/mol. The lowest BCUT2D eigenvalue weighted by Crippen LogP contribution is -2.46. The number of rotatable bonds is 7. The van der Waals surface area contributed by atoms with Crippen molar-refractivity contribution >= 4 is 0 Å². The highest BCUT2D eigenvalue weighted by Crippen LogP contribution is 2.21. The summed E-state index contributed by atoms with van der Waals surface area (Å²) in [5.41, 5.74) is 3.24. The van der Waals surface area contributed by atoms with Crippen LogP contribution in [-0.2, 0) is 17.7 Å². The van der Waals surface area contributed by atoms with Crippen LogP contribution in [0.5, 0.6) is 0 Å². The molecule has 1 saturated heterocycles. The second-order valence-electron chi connectivity index (χ2n) is 8.59. The molecule has 1 aliphatic rings. The third kappa shape index (κ3) is 9.70. The van der Waals surface area contributed by atoms with E-state index in [1.54, 1.807) is 0 Å². The highest BCUT2D eigenvalue weighted by atomic mass is 16.5. The fourth-order valence-corrected chi connectivity index (χ4v) is 3.22. The SMILES string of the molecule is CC.CC(C)OCCN1CCN(Cc2ccc(CC(C)(C)C)cc2)CC1. The van der Waals surface area contributed by atoms with Crippen LogP contribution in [0.15, 0.2) is 24.3 Å². The summed E-state index contributed by atoms with van der Waals surface area (Å²) in [5.74, 6) is 0. The summed E-state index contributed by atoms with van der Waals surface area (Å²) >= 11 is 0. The summed E-state index contributed by atoms with van der Waals surface area (Å²) in [6.07, 6.45) is 1.48. The number of hydrogen-bond donors (Lipinski definition) is 0. The van der Waals surface area contributed by atoms with Gasteiger partial charge in [0, 0.05) is 39.3 Å². The van der Waals surface area contributed by atoms with E-state index in [2.05, 4.69) is 68.7 Å². The van der Waals surface area contributed by atoms with Crippen molar-refractivity contribution in [2.24, 2.45) is 5.41 Å². The van der Waals surface area contributed by atoms with E-state index in [9.17, 15) is 0 Å². The van der Waals surface area contributed by atoms with Crippen molar-refractivity contribution < 1.29 is 4.74 Å². The van der Waals surface area contributed by atoms with Gasteiger partial charge in [-0.1, -0.05) is 58.9 Å². The second-order valence-corrected chi connectivity index (χ2v) is 8.59. The molecule has 0 atom stereocenters. The van der Waals surface area contributed by atoms with Crippen LogP contribution < -0.4 is 0 Å². The highest BCUT2D eigenvalue weighted by Gasteiger charge is 2.17. The molecule has 0 saturated carbocycles. The molecule has 0 aromatic heterocycles. The first-order chi connectivity index (χ1) is 12.3. The van der Waals surface area contributed by atoms with Crippen molar-refractivity contribution in [3.63, 3.8) is 0 Å². The van der Waals surface area contributed by atoms with Gasteiger partial charge in [0.1, 0.15) is 0 Å². The maximum Gasteiger partial charge on any atom is 0.0596 e. The molecule has 0 N–H and O–H groups in total. The predicted molar refractivity (Wildman–Crippen MR) is 114 cm³/mol. The Hall–Kier alpha value is -0.900. The van der Waals surface area contributed by atoms with E-state index >= 15 is 0 Å². The number of piperazine rings is 1. The Morgan fingerprint density at radius 1 is 0.885 bits per heavy atom. The Balaban J connectivity index is 0.00000163. The van der Waals surface area contributed by atoms with E-state index in [0.29, 0.717) is 11.5 Å². The van der Waals surface area contributed by atoms with Crippen molar-refractivity contribution in [2.45, 2.75) is 67.5 Å². The van der Waals surface area contributed by atoms with Gasteiger partial charge in [0.05, 0.1) is 12.7 Å². The van der Waals surface area contributed by atoms with Gasteiger partial charge in [0.25, 0.3) is 0 Å². The van der Waals surface area contributed by atoms with Crippen LogP contribution in [0.1, 0.15) is 59.6 Å². The summed E-state index contributed by atoms with van der Waals surface area (Å²) in [4.78, 5) is 5.09. The van der Waals surface area contributed by atoms with Gasteiger partial charge < -0.3 is 4.74 Å². The molecular weight excluding hydrogens is 320 g/mol. The summed E-state index contributed by atoms with van der Waals surface area (Å²) in [7, 11) is 0. The number of ether oxygens (including phenoxy) is 1. The molecule has 150 valence electrons. The van der Waals surface area contributed by atoms with Crippen LogP contribution >= 0.6 is 0 Å². The average Bonchev–Trinajstić information content (AvgIpc) is 2.58. The minimum atomic E-state index is 0.340. The molecule has 2 rings (SSSR count). The first kappa shape index (κ1) is 23.1. The third-order valence-corrected chi connectivity index (χ3v) is 4.49. The molecule has 1 aromatic rings. The van der Waals surface area contributed by atoms with Gasteiger partial charge in [0.15, 0.2) is 0 Å². The Labute approximate surface area is 162 Å². The fraction of sp³-hybridized carbons (Fsp3) is 0.739. The number of nitrogens with zero attached hydrogens (tertiary/aromatic N) is 2. The standard InChI is InChI=1S/C21H36N2O.C2H6/c1-18(2)24-15-14-22-10-12-23(13-11-22)17-20-8-6-19(7-9-20)16-21(3,4)5;1-2/h6-9,18H,10-17H2,1-5H3;1-2H3. The predicted octanol–water partition coefficient (Wildman–Crippen LogP) is 4.84. The molecule has 1 heterocycles. The lowest BCUT2D eigenvalue weighted by molar-refractivity contribution is 0.0437. The van der Waals surface area contributed by atoms with Crippen LogP contribution in [-0.4, -0.2) is 55.2 Å². The normalized spacial score (nSPS) is 16.5. The Kier molecular flexibility index (Phi) is 10.4. The molecule has 3 nitrogen and oxygen atoms in total. The summed E-state index contributed by atoms with van der Waals surface area (Å²) in [5, 5.41) is 0. The van der Waals surface area contributed by atoms with E-state index < -0.39 is 0 Å². The van der Waals surface area contributed by atoms with E-state index in [1.165, 1.54) is 11.1 Å². The lowest BCUT2D eigenvalue weighted by atomic mass is 9.88. The van der Waals surface area contributed by atoms with E-state index in [0.717, 1.165) is 52.3 Å².